The number of aryl methyl sites for hydroxylation is 1. The Morgan fingerprint density at radius 3 is 2.68 bits per heavy atom. The first-order valence-electron chi connectivity index (χ1n) is 5.91. The van der Waals surface area contributed by atoms with Gasteiger partial charge in [-0.05, 0) is 20.8 Å². The summed E-state index contributed by atoms with van der Waals surface area (Å²) in [6, 6.07) is 1.82. The molecule has 7 nitrogen and oxygen atoms in total. The van der Waals surface area contributed by atoms with Crippen molar-refractivity contribution >= 4 is 5.82 Å². The van der Waals surface area contributed by atoms with Gasteiger partial charge in [-0.25, -0.2) is 14.6 Å². The molecule has 0 saturated carbocycles. The molecule has 0 aliphatic rings. The molecule has 0 bridgehead atoms. The molecule has 0 amide bonds. The van der Waals surface area contributed by atoms with Gasteiger partial charge in [0.25, 0.3) is 0 Å². The summed E-state index contributed by atoms with van der Waals surface area (Å²) in [5.41, 5.74) is 5.80. The molecule has 0 saturated heterocycles. The molecule has 0 radical (unpaired) electrons. The Hall–Kier alpha value is -2.31. The Balaban J connectivity index is 2.34. The third kappa shape index (κ3) is 2.75. The summed E-state index contributed by atoms with van der Waals surface area (Å²) in [6.45, 7) is 5.75. The van der Waals surface area contributed by atoms with Gasteiger partial charge in [-0.2, -0.15) is 0 Å². The van der Waals surface area contributed by atoms with Crippen LogP contribution in [0.3, 0.4) is 0 Å². The van der Waals surface area contributed by atoms with E-state index in [4.69, 9.17) is 15.2 Å². The molecule has 0 spiro atoms. The van der Waals surface area contributed by atoms with E-state index in [9.17, 15) is 0 Å². The SMILES string of the molecule is COc1cc(Oc2cnc(C)nc2N)n(C(C)C)n1. The number of nitrogens with two attached hydrogens (primary N) is 1. The zero-order valence-corrected chi connectivity index (χ0v) is 11.4. The predicted molar refractivity (Wildman–Crippen MR) is 70.4 cm³/mol. The maximum absolute atomic E-state index is 5.80. The highest BCUT2D eigenvalue weighted by molar-refractivity contribution is 5.46. The van der Waals surface area contributed by atoms with E-state index in [0.717, 1.165) is 0 Å². The number of rotatable bonds is 4. The van der Waals surface area contributed by atoms with Gasteiger partial charge in [0.05, 0.1) is 25.4 Å². The van der Waals surface area contributed by atoms with Crippen molar-refractivity contribution in [2.45, 2.75) is 26.8 Å². The van der Waals surface area contributed by atoms with E-state index in [1.165, 1.54) is 0 Å². The molecular weight excluding hydrogens is 246 g/mol. The minimum Gasteiger partial charge on any atom is -0.480 e. The van der Waals surface area contributed by atoms with Gasteiger partial charge < -0.3 is 15.2 Å². The van der Waals surface area contributed by atoms with E-state index in [1.54, 1.807) is 31.0 Å². The van der Waals surface area contributed by atoms with Gasteiger partial charge >= 0.3 is 0 Å². The fourth-order valence-electron chi connectivity index (χ4n) is 1.57. The topological polar surface area (TPSA) is 88.1 Å². The first-order chi connectivity index (χ1) is 9.01. The van der Waals surface area contributed by atoms with Crippen molar-refractivity contribution in [3.8, 4) is 17.5 Å². The molecule has 19 heavy (non-hydrogen) atoms. The quantitative estimate of drug-likeness (QED) is 0.907. The predicted octanol–water partition coefficient (Wildman–Crippen LogP) is 1.95. The number of methoxy groups -OCH3 is 1. The van der Waals surface area contributed by atoms with E-state index in [-0.39, 0.29) is 6.04 Å². The largest absolute Gasteiger partial charge is 0.480 e. The summed E-state index contributed by atoms with van der Waals surface area (Å²) in [7, 11) is 1.56. The van der Waals surface area contributed by atoms with Crippen LogP contribution in [-0.2, 0) is 0 Å². The number of nitrogen functional groups attached to an aromatic ring is 1. The lowest BCUT2D eigenvalue weighted by Crippen LogP contribution is -2.06. The number of aromatic nitrogens is 4. The third-order valence-electron chi connectivity index (χ3n) is 2.50. The van der Waals surface area contributed by atoms with Crippen LogP contribution in [-0.4, -0.2) is 26.9 Å². The van der Waals surface area contributed by atoms with E-state index >= 15 is 0 Å². The van der Waals surface area contributed by atoms with Gasteiger partial charge in [0.15, 0.2) is 11.6 Å². The summed E-state index contributed by atoms with van der Waals surface area (Å²) >= 11 is 0. The van der Waals surface area contributed by atoms with Crippen LogP contribution in [0.5, 0.6) is 17.5 Å². The number of hydrogen-bond acceptors (Lipinski definition) is 6. The maximum atomic E-state index is 5.80. The molecule has 2 aromatic heterocycles. The average Bonchev–Trinajstić information content (AvgIpc) is 2.76. The molecule has 7 heteroatoms. The van der Waals surface area contributed by atoms with Crippen LogP contribution in [0.25, 0.3) is 0 Å². The molecule has 2 rings (SSSR count). The molecule has 2 heterocycles. The molecule has 2 aromatic rings. The van der Waals surface area contributed by atoms with Crippen molar-refractivity contribution in [2.24, 2.45) is 0 Å². The molecule has 0 aromatic carbocycles. The van der Waals surface area contributed by atoms with Crippen LogP contribution in [0.2, 0.25) is 0 Å². The summed E-state index contributed by atoms with van der Waals surface area (Å²) in [6.07, 6.45) is 1.54. The highest BCUT2D eigenvalue weighted by Crippen LogP contribution is 2.29. The van der Waals surface area contributed by atoms with E-state index in [1.807, 2.05) is 13.8 Å². The summed E-state index contributed by atoms with van der Waals surface area (Å²) in [4.78, 5) is 8.11. The second-order valence-electron chi connectivity index (χ2n) is 4.33. The van der Waals surface area contributed by atoms with Gasteiger partial charge in [-0.1, -0.05) is 0 Å². The first kappa shape index (κ1) is 13.1. The Morgan fingerprint density at radius 2 is 2.11 bits per heavy atom. The van der Waals surface area contributed by atoms with Crippen molar-refractivity contribution in [3.63, 3.8) is 0 Å². The molecule has 2 N–H and O–H groups in total. The smallest absolute Gasteiger partial charge is 0.236 e. The second-order valence-corrected chi connectivity index (χ2v) is 4.33. The molecule has 0 aliphatic heterocycles. The van der Waals surface area contributed by atoms with Crippen molar-refractivity contribution in [1.82, 2.24) is 19.7 Å². The minimum absolute atomic E-state index is 0.131. The number of hydrogen-bond donors (Lipinski definition) is 1. The van der Waals surface area contributed by atoms with E-state index < -0.39 is 0 Å². The monoisotopic (exact) mass is 263 g/mol. The zero-order chi connectivity index (χ0) is 14.0. The van der Waals surface area contributed by atoms with Crippen molar-refractivity contribution in [3.05, 3.63) is 18.1 Å². The van der Waals surface area contributed by atoms with Crippen molar-refractivity contribution in [2.75, 3.05) is 12.8 Å². The molecule has 0 aliphatic carbocycles. The van der Waals surface area contributed by atoms with Gasteiger partial charge in [0.1, 0.15) is 5.82 Å². The molecular formula is C12H17N5O2. The lowest BCUT2D eigenvalue weighted by atomic mass is 10.4. The fraction of sp³-hybridized carbons (Fsp3) is 0.417. The van der Waals surface area contributed by atoms with Crippen LogP contribution >= 0.6 is 0 Å². The van der Waals surface area contributed by atoms with Gasteiger partial charge in [-0.3, -0.25) is 0 Å². The number of ether oxygens (including phenoxy) is 2. The standard InChI is InChI=1S/C12H17N5O2/c1-7(2)17-11(5-10(16-17)18-4)19-9-6-14-8(3)15-12(9)13/h5-7H,1-4H3,(H2,13,14,15). The third-order valence-corrected chi connectivity index (χ3v) is 2.50. The number of nitrogens with zero attached hydrogens (tertiary/aromatic N) is 4. The molecule has 0 fully saturated rings. The molecule has 0 unspecified atom stereocenters. The second kappa shape index (κ2) is 5.13. The van der Waals surface area contributed by atoms with Gasteiger partial charge in [0, 0.05) is 0 Å². The van der Waals surface area contributed by atoms with Crippen LogP contribution in [0.4, 0.5) is 5.82 Å². The Kier molecular flexibility index (Phi) is 3.55. The van der Waals surface area contributed by atoms with E-state index in [0.29, 0.717) is 29.2 Å². The maximum Gasteiger partial charge on any atom is 0.236 e. The number of anilines is 1. The van der Waals surface area contributed by atoms with Crippen LogP contribution in [0.15, 0.2) is 12.3 Å². The Bertz CT molecular complexity index is 579. The summed E-state index contributed by atoms with van der Waals surface area (Å²) < 4.78 is 12.5. The Labute approximate surface area is 111 Å². The normalized spacial score (nSPS) is 10.8. The molecule has 102 valence electrons. The zero-order valence-electron chi connectivity index (χ0n) is 11.4. The highest BCUT2D eigenvalue weighted by atomic mass is 16.5. The first-order valence-corrected chi connectivity index (χ1v) is 5.91. The van der Waals surface area contributed by atoms with Crippen LogP contribution in [0, 0.1) is 6.92 Å². The van der Waals surface area contributed by atoms with Crippen LogP contribution < -0.4 is 15.2 Å². The average molecular weight is 263 g/mol. The fourth-order valence-corrected chi connectivity index (χ4v) is 1.57. The lowest BCUT2D eigenvalue weighted by molar-refractivity contribution is 0.367. The summed E-state index contributed by atoms with van der Waals surface area (Å²) in [5.74, 6) is 2.30. The molecule has 0 atom stereocenters. The van der Waals surface area contributed by atoms with E-state index in [2.05, 4.69) is 15.1 Å². The van der Waals surface area contributed by atoms with Gasteiger partial charge in [0.2, 0.25) is 11.8 Å². The van der Waals surface area contributed by atoms with Crippen LogP contribution in [0.1, 0.15) is 25.7 Å². The highest BCUT2D eigenvalue weighted by Gasteiger charge is 2.14. The Morgan fingerprint density at radius 1 is 1.37 bits per heavy atom. The van der Waals surface area contributed by atoms with Crippen molar-refractivity contribution < 1.29 is 9.47 Å². The lowest BCUT2D eigenvalue weighted by Gasteiger charge is -2.11. The minimum atomic E-state index is 0.131. The van der Waals surface area contributed by atoms with Crippen molar-refractivity contribution in [1.29, 1.82) is 0 Å². The van der Waals surface area contributed by atoms with Gasteiger partial charge in [-0.15, -0.1) is 5.10 Å². The summed E-state index contributed by atoms with van der Waals surface area (Å²) in [5, 5.41) is 4.26.